The summed E-state index contributed by atoms with van der Waals surface area (Å²) in [5.74, 6) is -6.47. The Balaban J connectivity index is 1.98. The van der Waals surface area contributed by atoms with Crippen LogP contribution < -0.4 is 22.1 Å². The molecule has 4 amide bonds. The van der Waals surface area contributed by atoms with Crippen LogP contribution >= 0.6 is 0 Å². The van der Waals surface area contributed by atoms with E-state index in [2.05, 4.69) is 29.7 Å². The van der Waals surface area contributed by atoms with E-state index in [1.54, 1.807) is 12.1 Å². The van der Waals surface area contributed by atoms with Gasteiger partial charge in [0.2, 0.25) is 23.6 Å². The number of ketones is 4. The lowest BCUT2D eigenvalue weighted by atomic mass is 9.66. The number of nitrogens with two attached hydrogens (primary N) is 2. The van der Waals surface area contributed by atoms with E-state index >= 15 is 0 Å². The van der Waals surface area contributed by atoms with Crippen molar-refractivity contribution in [2.75, 3.05) is 20.2 Å². The number of Topliss-reactive ketones (excluding diaryl/α,β-unsaturated/α-hetero) is 4. The van der Waals surface area contributed by atoms with Crippen molar-refractivity contribution in [2.24, 2.45) is 23.3 Å². The molecule has 0 bridgehead atoms. The fourth-order valence-electron chi connectivity index (χ4n) is 6.75. The number of carbonyl (C=O) groups excluding carboxylic acids is 8. The van der Waals surface area contributed by atoms with Gasteiger partial charge in [0.05, 0.1) is 37.1 Å². The van der Waals surface area contributed by atoms with E-state index in [0.29, 0.717) is 24.9 Å². The molecule has 8 N–H and O–H groups in total. The first-order valence-electron chi connectivity index (χ1n) is 21.4. The van der Waals surface area contributed by atoms with Gasteiger partial charge in [-0.15, -0.1) is 0 Å². The van der Waals surface area contributed by atoms with Crippen LogP contribution in [0.25, 0.3) is 11.1 Å². The third kappa shape index (κ3) is 18.2. The molecule has 0 heterocycles. The molecule has 0 aliphatic heterocycles. The first-order valence-corrected chi connectivity index (χ1v) is 21.4. The number of primary amides is 1. The first-order chi connectivity index (χ1) is 28.9. The molecule has 61 heavy (non-hydrogen) atoms. The number of nitrogens with zero attached hydrogens (tertiary/aromatic N) is 1. The molecule has 0 aliphatic rings. The maximum absolute atomic E-state index is 13.6. The third-order valence-corrected chi connectivity index (χ3v) is 10.8. The van der Waals surface area contributed by atoms with Crippen molar-refractivity contribution in [1.82, 2.24) is 15.5 Å². The Labute approximate surface area is 360 Å². The number of aliphatic hydroxyl groups is 1. The second kappa shape index (κ2) is 27.0. The highest BCUT2D eigenvalue weighted by Gasteiger charge is 2.32. The predicted octanol–water partition coefficient (Wildman–Crippen LogP) is 3.22. The molecule has 2 rings (SSSR count). The van der Waals surface area contributed by atoms with Gasteiger partial charge >= 0.3 is 0 Å². The summed E-state index contributed by atoms with van der Waals surface area (Å²) in [6.07, 6.45) is 3.03. The van der Waals surface area contributed by atoms with Crippen molar-refractivity contribution in [1.29, 1.82) is 0 Å². The van der Waals surface area contributed by atoms with Crippen LogP contribution in [-0.4, -0.2) is 107 Å². The summed E-state index contributed by atoms with van der Waals surface area (Å²) in [6.45, 7) is 5.54. The largest absolute Gasteiger partial charge is 0.451 e. The van der Waals surface area contributed by atoms with Gasteiger partial charge in [0.15, 0.2) is 23.1 Å². The number of aryl methyl sites for hydroxylation is 1. The topological polar surface area (TPSA) is 256 Å². The summed E-state index contributed by atoms with van der Waals surface area (Å²) < 4.78 is 0. The number of nitrogens with one attached hydrogen (secondary N) is 2. The number of likely N-dealkylation sites (N-methyl/N-ethyl adjacent to an activating group) is 1. The minimum atomic E-state index is -1.22. The minimum Gasteiger partial charge on any atom is -0.451 e. The normalized spacial score (nSPS) is 13.5. The Bertz CT molecular complexity index is 1790. The highest BCUT2D eigenvalue weighted by Crippen LogP contribution is 2.23. The Morgan fingerprint density at radius 2 is 1.39 bits per heavy atom. The standard InChI is InChI=1S/C45H66BN5O10/c1-6-7-10-31-12-14-32(15-13-31)33-16-18-34(19-17-33)40(55)26-35(28-52)45(60)49-30(3)38(53)20-21-43(58)51(5)37(11-8-9-24-47)41(56)25-29(2)44(59)50-36(27-42(48)57)39(54)22-23-46(4)61/h12-19,29-30,35-37,52,61H,6-11,20-28,47H2,1-5H3,(H2,48,57)(H,49,60)(H,50,59)/t29-,30-,35-,36+,37+/m1/s1. The summed E-state index contributed by atoms with van der Waals surface area (Å²) in [5.41, 5.74) is 14.5. The van der Waals surface area contributed by atoms with E-state index in [1.807, 2.05) is 24.3 Å². The van der Waals surface area contributed by atoms with Crippen molar-refractivity contribution >= 4 is 53.7 Å². The molecule has 5 atom stereocenters. The van der Waals surface area contributed by atoms with Gasteiger partial charge in [-0.1, -0.05) is 75.6 Å². The highest BCUT2D eigenvalue weighted by atomic mass is 16.3. The summed E-state index contributed by atoms with van der Waals surface area (Å²) in [7, 11) is 1.43. The molecule has 0 unspecified atom stereocenters. The summed E-state index contributed by atoms with van der Waals surface area (Å²) in [4.78, 5) is 105. The lowest BCUT2D eigenvalue weighted by Gasteiger charge is -2.28. The van der Waals surface area contributed by atoms with Crippen LogP contribution in [0.4, 0.5) is 0 Å². The molecule has 0 saturated carbocycles. The van der Waals surface area contributed by atoms with Gasteiger partial charge in [-0.3, -0.25) is 38.4 Å². The first kappa shape index (κ1) is 52.1. The molecule has 16 heteroatoms. The molecule has 0 radical (unpaired) electrons. The number of benzene rings is 2. The van der Waals surface area contributed by atoms with E-state index in [-0.39, 0.29) is 50.6 Å². The average Bonchev–Trinajstić information content (AvgIpc) is 3.23. The van der Waals surface area contributed by atoms with Gasteiger partial charge in [0.25, 0.3) is 6.92 Å². The second-order valence-corrected chi connectivity index (χ2v) is 16.0. The van der Waals surface area contributed by atoms with Crippen molar-refractivity contribution in [3.63, 3.8) is 0 Å². The van der Waals surface area contributed by atoms with Gasteiger partial charge < -0.3 is 37.1 Å². The molecule has 334 valence electrons. The number of aliphatic hydroxyl groups excluding tert-OH is 1. The lowest BCUT2D eigenvalue weighted by molar-refractivity contribution is -0.140. The van der Waals surface area contributed by atoms with Crippen LogP contribution in [0.1, 0.15) is 107 Å². The molecular weight excluding hydrogens is 781 g/mol. The van der Waals surface area contributed by atoms with Crippen molar-refractivity contribution in [2.45, 2.75) is 129 Å². The Hall–Kier alpha value is -5.06. The fraction of sp³-hybridized carbons (Fsp3) is 0.556. The lowest BCUT2D eigenvalue weighted by Crippen LogP contribution is -2.47. The van der Waals surface area contributed by atoms with Gasteiger partial charge in [0, 0.05) is 50.6 Å². The monoisotopic (exact) mass is 847 g/mol. The zero-order chi connectivity index (χ0) is 45.6. The third-order valence-electron chi connectivity index (χ3n) is 10.8. The van der Waals surface area contributed by atoms with E-state index < -0.39 is 90.9 Å². The highest BCUT2D eigenvalue weighted by molar-refractivity contribution is 6.48. The fourth-order valence-corrected chi connectivity index (χ4v) is 6.75. The zero-order valence-corrected chi connectivity index (χ0v) is 36.5. The summed E-state index contributed by atoms with van der Waals surface area (Å²) in [6, 6.07) is 12.1. The van der Waals surface area contributed by atoms with Gasteiger partial charge in [-0.05, 0) is 68.6 Å². The molecule has 0 fully saturated rings. The minimum absolute atomic E-state index is 0.0946. The quantitative estimate of drug-likeness (QED) is 0.0378. The van der Waals surface area contributed by atoms with E-state index in [1.165, 1.54) is 38.2 Å². The summed E-state index contributed by atoms with van der Waals surface area (Å²) >= 11 is 0. The van der Waals surface area contributed by atoms with Crippen LogP contribution in [-0.2, 0) is 40.0 Å². The van der Waals surface area contributed by atoms with Crippen LogP contribution in [0.2, 0.25) is 13.1 Å². The maximum Gasteiger partial charge on any atom is 0.286 e. The Morgan fingerprint density at radius 1 is 0.770 bits per heavy atom. The molecule has 15 nitrogen and oxygen atoms in total. The number of amides is 4. The number of hydrogen-bond donors (Lipinski definition) is 6. The van der Waals surface area contributed by atoms with Gasteiger partial charge in [-0.25, -0.2) is 0 Å². The summed E-state index contributed by atoms with van der Waals surface area (Å²) in [5, 5.41) is 24.6. The molecule has 0 aromatic heterocycles. The molecule has 2 aromatic rings. The second-order valence-electron chi connectivity index (χ2n) is 16.0. The maximum atomic E-state index is 13.6. The smallest absolute Gasteiger partial charge is 0.286 e. The zero-order valence-electron chi connectivity index (χ0n) is 36.5. The van der Waals surface area contributed by atoms with Crippen molar-refractivity contribution in [3.05, 3.63) is 59.7 Å². The van der Waals surface area contributed by atoms with E-state index in [9.17, 15) is 48.5 Å². The van der Waals surface area contributed by atoms with Crippen LogP contribution in [0.3, 0.4) is 0 Å². The van der Waals surface area contributed by atoms with Crippen LogP contribution in [0.5, 0.6) is 0 Å². The molecule has 0 saturated heterocycles. The van der Waals surface area contributed by atoms with Crippen LogP contribution in [0, 0.1) is 11.8 Å². The number of carbonyl (C=O) groups is 8. The molecule has 0 aliphatic carbocycles. The van der Waals surface area contributed by atoms with E-state index in [4.69, 9.17) is 11.5 Å². The molecule has 2 aromatic carbocycles. The van der Waals surface area contributed by atoms with Gasteiger partial charge in [0.1, 0.15) is 0 Å². The Kier molecular flexibility index (Phi) is 23.1. The Morgan fingerprint density at radius 3 is 1.95 bits per heavy atom. The van der Waals surface area contributed by atoms with Crippen molar-refractivity contribution < 1.29 is 48.5 Å². The molecule has 0 spiro atoms. The van der Waals surface area contributed by atoms with Crippen molar-refractivity contribution in [3.8, 4) is 11.1 Å². The number of hydrogen-bond acceptors (Lipinski definition) is 11. The number of rotatable bonds is 30. The number of unbranched alkanes of at least 4 members (excludes halogenated alkanes) is 2. The molecular formula is C45H66BN5O10. The van der Waals surface area contributed by atoms with Gasteiger partial charge in [-0.2, -0.15) is 0 Å². The predicted molar refractivity (Wildman–Crippen MR) is 234 cm³/mol. The average molecular weight is 848 g/mol. The van der Waals surface area contributed by atoms with Crippen LogP contribution in [0.15, 0.2) is 48.5 Å². The SMILES string of the molecule is CCCCc1ccc(-c2ccc(C(=O)C[C@H](CO)C(=O)N[C@H](C)C(=O)CCC(=O)N(C)[C@@H](CCCCN)C(=O)C[C@@H](C)C(=O)N[C@@H](CC(N)=O)C(=O)CCB(C)O)cc2)cc1. The van der Waals surface area contributed by atoms with E-state index in [0.717, 1.165) is 30.4 Å².